The first-order chi connectivity index (χ1) is 15.6. The van der Waals surface area contributed by atoms with Gasteiger partial charge in [-0.1, -0.05) is 28.4 Å². The summed E-state index contributed by atoms with van der Waals surface area (Å²) in [6, 6.07) is 0.142. The summed E-state index contributed by atoms with van der Waals surface area (Å²) in [4.78, 5) is 17.9. The minimum atomic E-state index is -5.33. The van der Waals surface area contributed by atoms with Crippen molar-refractivity contribution in [1.82, 2.24) is 19.6 Å². The molecule has 1 aliphatic rings. The fraction of sp³-hybridized carbons (Fsp3) is 0.312. The van der Waals surface area contributed by atoms with E-state index < -0.39 is 78.8 Å². The molecule has 0 spiro atoms. The molecule has 1 aliphatic heterocycles. The van der Waals surface area contributed by atoms with Crippen LogP contribution < -0.4 is 5.73 Å². The molecule has 9 nitrogen and oxygen atoms in total. The number of anilines is 1. The molecule has 1 atom stereocenters. The Morgan fingerprint density at radius 3 is 2.21 bits per heavy atom. The van der Waals surface area contributed by atoms with Crippen molar-refractivity contribution in [1.29, 1.82) is 0 Å². The average molecular weight is 553 g/mol. The molecular weight excluding hydrogens is 541 g/mol. The SMILES string of the molecule is CN(C)C(=O)N1CON=C1c1nn(-c2c(Cl)cc(C(F)(F)F)cc2Cl)c(N)c1S(=O)C(F)(F)F. The Balaban J connectivity index is 2.28. The number of nitrogen functional groups attached to an aromatic ring is 1. The molecule has 2 heterocycles. The highest BCUT2D eigenvalue weighted by molar-refractivity contribution is 7.86. The van der Waals surface area contributed by atoms with Gasteiger partial charge in [-0.15, -0.1) is 0 Å². The summed E-state index contributed by atoms with van der Waals surface area (Å²) < 4.78 is 92.1. The Labute approximate surface area is 199 Å². The van der Waals surface area contributed by atoms with Gasteiger partial charge in [-0.2, -0.15) is 31.4 Å². The van der Waals surface area contributed by atoms with Gasteiger partial charge in [0.2, 0.25) is 5.84 Å². The fourth-order valence-corrected chi connectivity index (χ4v) is 4.24. The zero-order valence-corrected chi connectivity index (χ0v) is 19.2. The molecule has 1 aromatic carbocycles. The van der Waals surface area contributed by atoms with Crippen LogP contribution in [0.2, 0.25) is 10.0 Å². The molecule has 0 radical (unpaired) electrons. The van der Waals surface area contributed by atoms with E-state index >= 15 is 0 Å². The van der Waals surface area contributed by atoms with E-state index in [0.717, 1.165) is 9.80 Å². The van der Waals surface area contributed by atoms with Crippen LogP contribution in [0.5, 0.6) is 0 Å². The third-order valence-corrected chi connectivity index (χ3v) is 6.02. The Morgan fingerprint density at radius 1 is 1.18 bits per heavy atom. The number of nitrogens with two attached hydrogens (primary N) is 1. The monoisotopic (exact) mass is 552 g/mol. The van der Waals surface area contributed by atoms with Gasteiger partial charge < -0.3 is 15.5 Å². The van der Waals surface area contributed by atoms with Crippen LogP contribution in [0.25, 0.3) is 5.69 Å². The molecule has 18 heteroatoms. The van der Waals surface area contributed by atoms with Crippen molar-refractivity contribution < 1.29 is 40.2 Å². The minimum absolute atomic E-state index is 0.460. The van der Waals surface area contributed by atoms with Crippen LogP contribution in [-0.2, 0) is 21.8 Å². The number of amides is 2. The number of urea groups is 1. The summed E-state index contributed by atoms with van der Waals surface area (Å²) in [6.07, 6.45) is -4.83. The molecule has 186 valence electrons. The molecule has 0 aliphatic carbocycles. The number of hydrogen-bond donors (Lipinski definition) is 1. The summed E-state index contributed by atoms with van der Waals surface area (Å²) in [5, 5.41) is 5.99. The summed E-state index contributed by atoms with van der Waals surface area (Å²) in [6.45, 7) is -0.515. The minimum Gasteiger partial charge on any atom is -0.383 e. The number of aromatic nitrogens is 2. The van der Waals surface area contributed by atoms with E-state index in [2.05, 4.69) is 10.3 Å². The molecule has 0 saturated heterocycles. The zero-order valence-electron chi connectivity index (χ0n) is 16.8. The van der Waals surface area contributed by atoms with Gasteiger partial charge in [-0.05, 0) is 12.1 Å². The number of carbonyl (C=O) groups excluding carboxylic acids is 1. The molecule has 2 N–H and O–H groups in total. The molecular formula is C16H12Cl2F6N6O3S. The highest BCUT2D eigenvalue weighted by Crippen LogP contribution is 2.40. The molecule has 34 heavy (non-hydrogen) atoms. The van der Waals surface area contributed by atoms with E-state index in [1.54, 1.807) is 0 Å². The number of amidine groups is 1. The van der Waals surface area contributed by atoms with Gasteiger partial charge in [0.05, 0.1) is 15.6 Å². The van der Waals surface area contributed by atoms with Gasteiger partial charge in [0.1, 0.15) is 16.4 Å². The van der Waals surface area contributed by atoms with Gasteiger partial charge in [0, 0.05) is 14.1 Å². The van der Waals surface area contributed by atoms with Crippen molar-refractivity contribution in [2.75, 3.05) is 26.6 Å². The number of halogens is 8. The molecule has 1 unspecified atom stereocenters. The van der Waals surface area contributed by atoms with Crippen molar-refractivity contribution in [3.63, 3.8) is 0 Å². The van der Waals surface area contributed by atoms with Crippen LogP contribution in [0.3, 0.4) is 0 Å². The van der Waals surface area contributed by atoms with Crippen LogP contribution >= 0.6 is 23.2 Å². The first kappa shape index (κ1) is 25.9. The fourth-order valence-electron chi connectivity index (χ4n) is 2.78. The van der Waals surface area contributed by atoms with Crippen molar-refractivity contribution in [2.24, 2.45) is 5.16 Å². The van der Waals surface area contributed by atoms with E-state index in [9.17, 15) is 35.3 Å². The predicted octanol–water partition coefficient (Wildman–Crippen LogP) is 4.04. The normalized spacial score (nSPS) is 15.2. The van der Waals surface area contributed by atoms with Gasteiger partial charge in [0.25, 0.3) is 0 Å². The highest BCUT2D eigenvalue weighted by atomic mass is 35.5. The van der Waals surface area contributed by atoms with E-state index in [-0.39, 0.29) is 0 Å². The first-order valence-corrected chi connectivity index (χ1v) is 10.6. The standard InChI is InChI=1S/C16H12Cl2F6N6O3S/c1-28(2)14(31)29-5-33-27-13(29)9-11(34(32)16(22,23)24)12(25)30(26-9)10-7(17)3-6(4-8(10)18)15(19,20)21/h3-4H,5,25H2,1-2H3. The number of nitrogens with zero attached hydrogens (tertiary/aromatic N) is 5. The number of oxime groups is 1. The average Bonchev–Trinajstić information content (AvgIpc) is 3.29. The lowest BCUT2D eigenvalue weighted by molar-refractivity contribution is -0.137. The molecule has 0 bridgehead atoms. The lowest BCUT2D eigenvalue weighted by atomic mass is 10.2. The van der Waals surface area contributed by atoms with E-state index in [1.807, 2.05) is 0 Å². The van der Waals surface area contributed by atoms with Crippen LogP contribution in [0, 0.1) is 0 Å². The van der Waals surface area contributed by atoms with Crippen molar-refractivity contribution in [2.45, 2.75) is 16.6 Å². The van der Waals surface area contributed by atoms with Crippen molar-refractivity contribution in [3.05, 3.63) is 33.4 Å². The Morgan fingerprint density at radius 2 is 1.74 bits per heavy atom. The quantitative estimate of drug-likeness (QED) is 0.578. The smallest absolute Gasteiger partial charge is 0.383 e. The Bertz CT molecular complexity index is 1190. The van der Waals surface area contributed by atoms with Crippen LogP contribution in [0.1, 0.15) is 11.3 Å². The summed E-state index contributed by atoms with van der Waals surface area (Å²) in [5.74, 6) is -1.49. The molecule has 2 amide bonds. The maximum Gasteiger partial charge on any atom is 0.476 e. The molecule has 1 aromatic heterocycles. The van der Waals surface area contributed by atoms with Crippen molar-refractivity contribution >= 4 is 51.7 Å². The summed E-state index contributed by atoms with van der Waals surface area (Å²) >= 11 is 11.9. The van der Waals surface area contributed by atoms with Gasteiger partial charge in [-0.3, -0.25) is 0 Å². The summed E-state index contributed by atoms with van der Waals surface area (Å²) in [7, 11) is -1.14. The first-order valence-electron chi connectivity index (χ1n) is 8.68. The van der Waals surface area contributed by atoms with E-state index in [4.69, 9.17) is 33.8 Å². The van der Waals surface area contributed by atoms with Crippen LogP contribution in [0.4, 0.5) is 37.0 Å². The van der Waals surface area contributed by atoms with E-state index in [1.165, 1.54) is 14.1 Å². The number of benzene rings is 1. The zero-order chi connectivity index (χ0) is 25.7. The topological polar surface area (TPSA) is 106 Å². The molecule has 3 rings (SSSR count). The van der Waals surface area contributed by atoms with Gasteiger partial charge in [-0.25, -0.2) is 18.6 Å². The van der Waals surface area contributed by atoms with Crippen molar-refractivity contribution in [3.8, 4) is 5.69 Å². The number of rotatable bonds is 3. The van der Waals surface area contributed by atoms with E-state index in [0.29, 0.717) is 16.8 Å². The molecule has 0 saturated carbocycles. The second kappa shape index (κ2) is 8.81. The number of carbonyl (C=O) groups is 1. The maximum atomic E-state index is 13.4. The maximum absolute atomic E-state index is 13.4. The third kappa shape index (κ3) is 4.61. The number of alkyl halides is 6. The van der Waals surface area contributed by atoms with Gasteiger partial charge >= 0.3 is 17.7 Å². The second-order valence-corrected chi connectivity index (χ2v) is 8.98. The largest absolute Gasteiger partial charge is 0.476 e. The Kier molecular flexibility index (Phi) is 6.71. The lowest BCUT2D eigenvalue weighted by Gasteiger charge is -2.19. The predicted molar refractivity (Wildman–Crippen MR) is 109 cm³/mol. The van der Waals surface area contributed by atoms with Crippen LogP contribution in [0.15, 0.2) is 22.2 Å². The van der Waals surface area contributed by atoms with Gasteiger partial charge in [0.15, 0.2) is 23.2 Å². The highest BCUT2D eigenvalue weighted by Gasteiger charge is 2.45. The third-order valence-electron chi connectivity index (χ3n) is 4.25. The summed E-state index contributed by atoms with van der Waals surface area (Å²) in [5.41, 5.74) is -2.08. The molecule has 0 fully saturated rings. The number of hydrogen-bond acceptors (Lipinski definition) is 6. The molecule has 2 aromatic rings. The second-order valence-electron chi connectivity index (χ2n) is 6.75. The Hall–Kier alpha value is -2.72. The lowest BCUT2D eigenvalue weighted by Crippen LogP contribution is -2.42. The van der Waals surface area contributed by atoms with Crippen LogP contribution in [-0.4, -0.2) is 62.0 Å².